The first-order chi connectivity index (χ1) is 11.1. The molecule has 1 N–H and O–H groups in total. The third kappa shape index (κ3) is 3.20. The third-order valence-electron chi connectivity index (χ3n) is 5.77. The fraction of sp³-hybridized carbons (Fsp3) is 0.684. The van der Waals surface area contributed by atoms with E-state index in [4.69, 9.17) is 9.47 Å². The quantitative estimate of drug-likeness (QED) is 0.926. The average molecular weight is 319 g/mol. The summed E-state index contributed by atoms with van der Waals surface area (Å²) in [5.41, 5.74) is 1.85. The minimum Gasteiger partial charge on any atom is -0.496 e. The number of hydrogen-bond acceptors (Lipinski definition) is 4. The maximum atomic E-state index is 10.8. The Labute approximate surface area is 139 Å². The number of ether oxygens (including phenoxy) is 2. The fourth-order valence-electron chi connectivity index (χ4n) is 4.38. The predicted octanol–water partition coefficient (Wildman–Crippen LogP) is 3.14. The smallest absolute Gasteiger partial charge is 0.129 e. The molecular formula is C19H29NO3. The molecule has 128 valence electrons. The Kier molecular flexibility index (Phi) is 4.83. The van der Waals surface area contributed by atoms with Crippen LogP contribution in [0.5, 0.6) is 11.5 Å². The molecule has 2 fully saturated rings. The second-order valence-electron chi connectivity index (χ2n) is 7.12. The molecule has 2 atom stereocenters. The zero-order valence-corrected chi connectivity index (χ0v) is 14.6. The molecular weight excluding hydrogens is 290 g/mol. The number of piperidine rings is 1. The highest BCUT2D eigenvalue weighted by atomic mass is 16.5. The summed E-state index contributed by atoms with van der Waals surface area (Å²) in [6.07, 6.45) is 5.47. The number of aliphatic hydroxyl groups is 1. The summed E-state index contributed by atoms with van der Waals surface area (Å²) >= 11 is 0. The van der Waals surface area contributed by atoms with Crippen molar-refractivity contribution in [2.24, 2.45) is 5.92 Å². The number of benzene rings is 1. The lowest BCUT2D eigenvalue weighted by Gasteiger charge is -2.47. The van der Waals surface area contributed by atoms with Gasteiger partial charge in [-0.3, -0.25) is 4.90 Å². The van der Waals surface area contributed by atoms with Gasteiger partial charge in [0, 0.05) is 36.7 Å². The van der Waals surface area contributed by atoms with Crippen LogP contribution in [-0.2, 0) is 6.54 Å². The topological polar surface area (TPSA) is 41.9 Å². The van der Waals surface area contributed by atoms with E-state index in [9.17, 15) is 5.11 Å². The van der Waals surface area contributed by atoms with Crippen molar-refractivity contribution >= 4 is 0 Å². The summed E-state index contributed by atoms with van der Waals surface area (Å²) in [5.74, 6) is 2.22. The van der Waals surface area contributed by atoms with E-state index in [2.05, 4.69) is 11.0 Å². The van der Waals surface area contributed by atoms with E-state index < -0.39 is 5.60 Å². The normalized spacial score (nSPS) is 28.3. The molecule has 4 nitrogen and oxygen atoms in total. The average Bonchev–Trinajstić information content (AvgIpc) is 2.55. The first-order valence-electron chi connectivity index (χ1n) is 8.72. The molecule has 23 heavy (non-hydrogen) atoms. The Balaban J connectivity index is 1.74. The molecule has 1 saturated carbocycles. The Morgan fingerprint density at radius 2 is 2.04 bits per heavy atom. The molecule has 0 amide bonds. The zero-order valence-electron chi connectivity index (χ0n) is 14.6. The summed E-state index contributed by atoms with van der Waals surface area (Å²) in [7, 11) is 3.41. The highest BCUT2D eigenvalue weighted by Crippen LogP contribution is 2.40. The molecule has 1 saturated heterocycles. The van der Waals surface area contributed by atoms with Crippen LogP contribution >= 0.6 is 0 Å². The van der Waals surface area contributed by atoms with Crippen molar-refractivity contribution < 1.29 is 14.6 Å². The van der Waals surface area contributed by atoms with Crippen molar-refractivity contribution in [2.75, 3.05) is 27.3 Å². The first kappa shape index (κ1) is 16.6. The van der Waals surface area contributed by atoms with Gasteiger partial charge >= 0.3 is 0 Å². The molecule has 0 unspecified atom stereocenters. The number of rotatable bonds is 4. The molecule has 1 aliphatic heterocycles. The zero-order chi connectivity index (χ0) is 16.4. The van der Waals surface area contributed by atoms with Gasteiger partial charge in [0.1, 0.15) is 11.5 Å². The van der Waals surface area contributed by atoms with Gasteiger partial charge in [0.15, 0.2) is 0 Å². The Bertz CT molecular complexity index is 560. The van der Waals surface area contributed by atoms with Gasteiger partial charge in [-0.15, -0.1) is 0 Å². The summed E-state index contributed by atoms with van der Waals surface area (Å²) in [4.78, 5) is 2.47. The number of fused-ring (bicyclic) bond motifs is 1. The highest BCUT2D eigenvalue weighted by Gasteiger charge is 2.42. The SMILES string of the molecule is COc1ccc(CN2CC[C@@]3(O)CCCC[C@H]3C2)c(OC)c1C. The minimum atomic E-state index is -0.408. The summed E-state index contributed by atoms with van der Waals surface area (Å²) < 4.78 is 11.0. The van der Waals surface area contributed by atoms with Crippen molar-refractivity contribution in [3.63, 3.8) is 0 Å². The Hall–Kier alpha value is -1.26. The summed E-state index contributed by atoms with van der Waals surface area (Å²) in [5, 5.41) is 10.8. The molecule has 1 heterocycles. The van der Waals surface area contributed by atoms with Crippen LogP contribution in [0.4, 0.5) is 0 Å². The van der Waals surface area contributed by atoms with E-state index in [0.29, 0.717) is 5.92 Å². The van der Waals surface area contributed by atoms with Crippen molar-refractivity contribution in [3.8, 4) is 11.5 Å². The van der Waals surface area contributed by atoms with E-state index in [-0.39, 0.29) is 0 Å². The van der Waals surface area contributed by atoms with E-state index in [1.807, 2.05) is 13.0 Å². The van der Waals surface area contributed by atoms with Crippen LogP contribution in [0.15, 0.2) is 12.1 Å². The van der Waals surface area contributed by atoms with Crippen LogP contribution in [-0.4, -0.2) is 42.9 Å². The van der Waals surface area contributed by atoms with E-state index in [1.165, 1.54) is 18.4 Å². The maximum Gasteiger partial charge on any atom is 0.129 e. The fourth-order valence-corrected chi connectivity index (χ4v) is 4.38. The monoisotopic (exact) mass is 319 g/mol. The van der Waals surface area contributed by atoms with Crippen molar-refractivity contribution in [1.29, 1.82) is 0 Å². The maximum absolute atomic E-state index is 10.8. The molecule has 1 aromatic carbocycles. The van der Waals surface area contributed by atoms with E-state index in [1.54, 1.807) is 14.2 Å². The lowest BCUT2D eigenvalue weighted by Crippen LogP contribution is -2.52. The molecule has 0 spiro atoms. The van der Waals surface area contributed by atoms with Crippen LogP contribution in [0.2, 0.25) is 0 Å². The molecule has 1 aliphatic carbocycles. The molecule has 0 radical (unpaired) electrons. The van der Waals surface area contributed by atoms with Crippen molar-refractivity contribution in [1.82, 2.24) is 4.90 Å². The molecule has 3 rings (SSSR count). The van der Waals surface area contributed by atoms with Gasteiger partial charge in [-0.25, -0.2) is 0 Å². The molecule has 4 heteroatoms. The molecule has 1 aromatic rings. The lowest BCUT2D eigenvalue weighted by molar-refractivity contribution is -0.0968. The van der Waals surface area contributed by atoms with Crippen LogP contribution in [0.3, 0.4) is 0 Å². The number of methoxy groups -OCH3 is 2. The van der Waals surface area contributed by atoms with E-state index in [0.717, 1.165) is 56.0 Å². The highest BCUT2D eigenvalue weighted by molar-refractivity contribution is 5.49. The summed E-state index contributed by atoms with van der Waals surface area (Å²) in [6.45, 7) is 4.86. The van der Waals surface area contributed by atoms with E-state index >= 15 is 0 Å². The molecule has 0 bridgehead atoms. The number of hydrogen-bond donors (Lipinski definition) is 1. The van der Waals surface area contributed by atoms with Crippen LogP contribution in [0.25, 0.3) is 0 Å². The minimum absolute atomic E-state index is 0.408. The van der Waals surface area contributed by atoms with Crippen LogP contribution in [0.1, 0.15) is 43.2 Å². The predicted molar refractivity (Wildman–Crippen MR) is 91.1 cm³/mol. The Morgan fingerprint density at radius 1 is 1.22 bits per heavy atom. The van der Waals surface area contributed by atoms with Gasteiger partial charge < -0.3 is 14.6 Å². The van der Waals surface area contributed by atoms with Crippen LogP contribution < -0.4 is 9.47 Å². The van der Waals surface area contributed by atoms with Crippen molar-refractivity contribution in [3.05, 3.63) is 23.3 Å². The standard InChI is InChI=1S/C19H29NO3/c1-14-17(22-2)8-7-15(18(14)23-3)12-20-11-10-19(21)9-5-4-6-16(19)13-20/h7-8,16,21H,4-6,9-13H2,1-3H3/t16-,19-/m0/s1. The second-order valence-corrected chi connectivity index (χ2v) is 7.12. The van der Waals surface area contributed by atoms with Gasteiger partial charge in [0.25, 0.3) is 0 Å². The number of likely N-dealkylation sites (tertiary alicyclic amines) is 1. The van der Waals surface area contributed by atoms with Gasteiger partial charge in [-0.05, 0) is 32.3 Å². The largest absolute Gasteiger partial charge is 0.496 e. The lowest BCUT2D eigenvalue weighted by atomic mass is 9.71. The molecule has 0 aromatic heterocycles. The van der Waals surface area contributed by atoms with Gasteiger partial charge in [-0.2, -0.15) is 0 Å². The van der Waals surface area contributed by atoms with Crippen LogP contribution in [0, 0.1) is 12.8 Å². The second kappa shape index (κ2) is 6.70. The van der Waals surface area contributed by atoms with Gasteiger partial charge in [-0.1, -0.05) is 18.9 Å². The summed E-state index contributed by atoms with van der Waals surface area (Å²) in [6, 6.07) is 4.13. The molecule has 2 aliphatic rings. The first-order valence-corrected chi connectivity index (χ1v) is 8.72. The number of nitrogens with zero attached hydrogens (tertiary/aromatic N) is 1. The van der Waals surface area contributed by atoms with Gasteiger partial charge in [0.05, 0.1) is 19.8 Å². The Morgan fingerprint density at radius 3 is 2.78 bits per heavy atom. The van der Waals surface area contributed by atoms with Crippen molar-refractivity contribution in [2.45, 2.75) is 51.2 Å². The van der Waals surface area contributed by atoms with Gasteiger partial charge in [0.2, 0.25) is 0 Å². The third-order valence-corrected chi connectivity index (χ3v) is 5.77.